The summed E-state index contributed by atoms with van der Waals surface area (Å²) in [5, 5.41) is 39.9. The van der Waals surface area contributed by atoms with Crippen LogP contribution in [-0.2, 0) is 19.9 Å². The first kappa shape index (κ1) is 24.2. The fraction of sp³-hybridized carbons (Fsp3) is 0.478. The number of ether oxygens (including phenoxy) is 2. The monoisotopic (exact) mass is 447 g/mol. The highest BCUT2D eigenvalue weighted by Gasteiger charge is 2.52. The third-order valence-corrected chi connectivity index (χ3v) is 6.06. The van der Waals surface area contributed by atoms with Crippen LogP contribution in [0.15, 0.2) is 54.7 Å². The first-order chi connectivity index (χ1) is 15.1. The summed E-state index contributed by atoms with van der Waals surface area (Å²) in [4.78, 5) is 15.9. The molecule has 4 unspecified atom stereocenters. The van der Waals surface area contributed by atoms with Gasteiger partial charge in [0.05, 0.1) is 26.4 Å². The van der Waals surface area contributed by atoms with E-state index in [1.807, 2.05) is 55.5 Å². The molecule has 0 saturated carbocycles. The smallest absolute Gasteiger partial charge is 0.335 e. The average molecular weight is 448 g/mol. The average Bonchev–Trinajstić information content (AvgIpc) is 2.78. The molecule has 6 atom stereocenters. The Balaban J connectivity index is 1.77. The number of pyridine rings is 1. The molecule has 174 valence electrons. The van der Waals surface area contributed by atoms with Crippen molar-refractivity contribution in [1.29, 1.82) is 0 Å². The SMILES string of the molecule is CC(OCC[N+](C)(C)[C@@H]1OC(C(=O)O)[C@@H](O)C(O)C1O)(c1ccccc1)c1ccccn1. The van der Waals surface area contributed by atoms with E-state index in [4.69, 9.17) is 9.47 Å². The molecule has 0 aliphatic carbocycles. The van der Waals surface area contributed by atoms with Crippen LogP contribution >= 0.6 is 0 Å². The maximum atomic E-state index is 11.4. The third-order valence-electron chi connectivity index (χ3n) is 6.06. The predicted octanol–water partition coefficient (Wildman–Crippen LogP) is 0.330. The van der Waals surface area contributed by atoms with Crippen molar-refractivity contribution in [2.24, 2.45) is 0 Å². The summed E-state index contributed by atoms with van der Waals surface area (Å²) in [5.41, 5.74) is 0.811. The first-order valence-electron chi connectivity index (χ1n) is 10.4. The highest BCUT2D eigenvalue weighted by Crippen LogP contribution is 2.32. The Morgan fingerprint density at radius 2 is 1.72 bits per heavy atom. The standard InChI is InChI=1S/C23H30N2O7/c1-23(15-9-5-4-6-10-15,16-11-7-8-12-24-16)31-14-13-25(2,3)21-19(28)17(26)18(27)20(32-21)22(29)30/h4-12,17-21,26-28H,13-14H2,1-3H3/p+1/t17?,18-,19?,20?,21+,23?/m0/s1. The number of aliphatic hydroxyl groups is 3. The highest BCUT2D eigenvalue weighted by molar-refractivity contribution is 5.73. The van der Waals surface area contributed by atoms with Gasteiger partial charge in [0.2, 0.25) is 6.23 Å². The molecule has 32 heavy (non-hydrogen) atoms. The summed E-state index contributed by atoms with van der Waals surface area (Å²) in [6.07, 6.45) is -5.84. The van der Waals surface area contributed by atoms with Crippen LogP contribution in [0.2, 0.25) is 0 Å². The van der Waals surface area contributed by atoms with Crippen molar-refractivity contribution in [3.63, 3.8) is 0 Å². The van der Waals surface area contributed by atoms with Crippen molar-refractivity contribution in [3.05, 3.63) is 66.0 Å². The van der Waals surface area contributed by atoms with E-state index in [9.17, 15) is 25.2 Å². The second-order valence-electron chi connectivity index (χ2n) is 8.72. The summed E-state index contributed by atoms with van der Waals surface area (Å²) in [5.74, 6) is -1.41. The van der Waals surface area contributed by atoms with Gasteiger partial charge >= 0.3 is 5.97 Å². The van der Waals surface area contributed by atoms with Gasteiger partial charge in [-0.1, -0.05) is 36.4 Å². The molecule has 9 nitrogen and oxygen atoms in total. The Labute approximate surface area is 187 Å². The number of benzene rings is 1. The van der Waals surface area contributed by atoms with Crippen molar-refractivity contribution in [2.75, 3.05) is 27.2 Å². The van der Waals surface area contributed by atoms with Crippen molar-refractivity contribution in [1.82, 2.24) is 4.98 Å². The molecule has 1 aliphatic rings. The van der Waals surface area contributed by atoms with E-state index in [0.29, 0.717) is 6.54 Å². The minimum absolute atomic E-state index is 0.00180. The van der Waals surface area contributed by atoms with Gasteiger partial charge in [0.15, 0.2) is 12.2 Å². The van der Waals surface area contributed by atoms with Gasteiger partial charge in [-0.05, 0) is 24.6 Å². The zero-order valence-electron chi connectivity index (χ0n) is 18.4. The Bertz CT molecular complexity index is 854. The first-order valence-corrected chi connectivity index (χ1v) is 10.4. The molecular formula is C23H31N2O7+. The molecule has 9 heteroatoms. The summed E-state index contributed by atoms with van der Waals surface area (Å²) < 4.78 is 11.8. The lowest BCUT2D eigenvalue weighted by Gasteiger charge is -2.46. The van der Waals surface area contributed by atoms with Gasteiger partial charge in [0.1, 0.15) is 24.4 Å². The number of rotatable bonds is 8. The van der Waals surface area contributed by atoms with Gasteiger partial charge in [0, 0.05) is 6.20 Å². The number of aliphatic carboxylic acids is 1. The quantitative estimate of drug-likeness (QED) is 0.426. The minimum atomic E-state index is -1.72. The largest absolute Gasteiger partial charge is 0.479 e. The number of likely N-dealkylation sites (N-methyl/N-ethyl adjacent to an activating group) is 1. The lowest BCUT2D eigenvalue weighted by Crippen LogP contribution is -2.68. The summed E-state index contributed by atoms with van der Waals surface area (Å²) in [7, 11) is 3.47. The van der Waals surface area contributed by atoms with E-state index in [2.05, 4.69) is 4.98 Å². The van der Waals surface area contributed by atoms with Gasteiger partial charge in [-0.25, -0.2) is 4.79 Å². The summed E-state index contributed by atoms with van der Waals surface area (Å²) in [6.45, 7) is 2.47. The van der Waals surface area contributed by atoms with Crippen LogP contribution in [0.5, 0.6) is 0 Å². The maximum Gasteiger partial charge on any atom is 0.335 e. The number of quaternary nitrogens is 1. The van der Waals surface area contributed by atoms with Crippen molar-refractivity contribution in [3.8, 4) is 0 Å². The molecule has 1 aliphatic heterocycles. The van der Waals surface area contributed by atoms with E-state index >= 15 is 0 Å². The molecule has 1 fully saturated rings. The van der Waals surface area contributed by atoms with E-state index < -0.39 is 42.2 Å². The van der Waals surface area contributed by atoms with Gasteiger partial charge in [-0.2, -0.15) is 0 Å². The molecule has 0 spiro atoms. The molecule has 1 aromatic carbocycles. The summed E-state index contributed by atoms with van der Waals surface area (Å²) >= 11 is 0. The van der Waals surface area contributed by atoms with Gasteiger partial charge < -0.3 is 29.9 Å². The third kappa shape index (κ3) is 4.83. The van der Waals surface area contributed by atoms with Crippen LogP contribution in [0, 0.1) is 0 Å². The predicted molar refractivity (Wildman–Crippen MR) is 114 cm³/mol. The number of carboxylic acid groups (broad SMARTS) is 1. The van der Waals surface area contributed by atoms with Crippen molar-refractivity contribution < 1.29 is 39.2 Å². The number of aromatic nitrogens is 1. The Morgan fingerprint density at radius 1 is 1.06 bits per heavy atom. The van der Waals surface area contributed by atoms with E-state index in [-0.39, 0.29) is 11.1 Å². The minimum Gasteiger partial charge on any atom is -0.479 e. The number of hydrogen-bond acceptors (Lipinski definition) is 7. The van der Waals surface area contributed by atoms with Gasteiger partial charge in [-0.3, -0.25) is 9.47 Å². The van der Waals surface area contributed by atoms with Crippen molar-refractivity contribution in [2.45, 2.75) is 43.2 Å². The van der Waals surface area contributed by atoms with Crippen LogP contribution < -0.4 is 0 Å². The fourth-order valence-corrected chi connectivity index (χ4v) is 3.96. The topological polar surface area (TPSA) is 129 Å². The molecular weight excluding hydrogens is 416 g/mol. The van der Waals surface area contributed by atoms with E-state index in [1.165, 1.54) is 0 Å². The van der Waals surface area contributed by atoms with Crippen LogP contribution in [0.3, 0.4) is 0 Å². The zero-order chi connectivity index (χ0) is 23.5. The lowest BCUT2D eigenvalue weighted by atomic mass is 9.91. The molecule has 0 amide bonds. The van der Waals surface area contributed by atoms with E-state index in [1.54, 1.807) is 20.3 Å². The molecule has 0 radical (unpaired) electrons. The van der Waals surface area contributed by atoms with Crippen LogP contribution in [0.1, 0.15) is 18.2 Å². The summed E-state index contributed by atoms with van der Waals surface area (Å²) in [6, 6.07) is 15.3. The second-order valence-corrected chi connectivity index (χ2v) is 8.72. The molecule has 3 rings (SSSR count). The van der Waals surface area contributed by atoms with Gasteiger partial charge in [0.25, 0.3) is 0 Å². The lowest BCUT2D eigenvalue weighted by molar-refractivity contribution is -0.944. The van der Waals surface area contributed by atoms with Crippen molar-refractivity contribution >= 4 is 5.97 Å². The molecule has 1 saturated heterocycles. The number of hydrogen-bond donors (Lipinski definition) is 4. The van der Waals surface area contributed by atoms with E-state index in [0.717, 1.165) is 11.3 Å². The number of carboxylic acids is 1. The van der Waals surface area contributed by atoms with Crippen LogP contribution in [0.25, 0.3) is 0 Å². The van der Waals surface area contributed by atoms with Crippen LogP contribution in [-0.4, -0.2) is 93.8 Å². The number of aliphatic hydroxyl groups excluding tert-OH is 3. The molecule has 1 aromatic heterocycles. The molecule has 2 aromatic rings. The van der Waals surface area contributed by atoms with Crippen LogP contribution in [0.4, 0.5) is 0 Å². The Morgan fingerprint density at radius 3 is 2.31 bits per heavy atom. The Hall–Kier alpha value is -2.40. The zero-order valence-corrected chi connectivity index (χ0v) is 18.4. The normalized spacial score (nSPS) is 28.1. The molecule has 2 heterocycles. The molecule has 4 N–H and O–H groups in total. The fourth-order valence-electron chi connectivity index (χ4n) is 3.96. The molecule has 0 bridgehead atoms. The number of nitrogens with zero attached hydrogens (tertiary/aromatic N) is 2. The Kier molecular flexibility index (Phi) is 7.29. The maximum absolute atomic E-state index is 11.4. The van der Waals surface area contributed by atoms with Gasteiger partial charge in [-0.15, -0.1) is 0 Å². The second kappa shape index (κ2) is 9.62. The highest BCUT2D eigenvalue weighted by atomic mass is 16.6. The number of carbonyl (C=O) groups is 1.